The second-order valence-corrected chi connectivity index (χ2v) is 4.31. The van der Waals surface area contributed by atoms with Crippen molar-refractivity contribution in [2.24, 2.45) is 0 Å². The summed E-state index contributed by atoms with van der Waals surface area (Å²) in [6.07, 6.45) is 1.22. The molecule has 1 amide bonds. The minimum absolute atomic E-state index is 0.0889. The van der Waals surface area contributed by atoms with Crippen LogP contribution in [0, 0.1) is 0 Å². The zero-order valence-corrected chi connectivity index (χ0v) is 11.2. The van der Waals surface area contributed by atoms with Gasteiger partial charge in [0.15, 0.2) is 10.3 Å². The molecule has 0 saturated heterocycles. The van der Waals surface area contributed by atoms with Crippen LogP contribution in [-0.2, 0) is 4.79 Å². The van der Waals surface area contributed by atoms with Gasteiger partial charge in [-0.1, -0.05) is 41.4 Å². The fourth-order valence-electron chi connectivity index (χ4n) is 1.37. The van der Waals surface area contributed by atoms with Gasteiger partial charge in [0.1, 0.15) is 12.0 Å². The van der Waals surface area contributed by atoms with E-state index in [9.17, 15) is 4.79 Å². The van der Waals surface area contributed by atoms with E-state index < -0.39 is 0 Å². The third-order valence-electron chi connectivity index (χ3n) is 2.25. The summed E-state index contributed by atoms with van der Waals surface area (Å²) in [4.78, 5) is 19.2. The Balaban J connectivity index is 1.95. The summed E-state index contributed by atoms with van der Waals surface area (Å²) in [5.41, 5.74) is 1.06. The van der Waals surface area contributed by atoms with Crippen LogP contribution in [0.2, 0.25) is 10.3 Å². The van der Waals surface area contributed by atoms with Crippen LogP contribution in [-0.4, -0.2) is 22.4 Å². The van der Waals surface area contributed by atoms with E-state index in [0.717, 1.165) is 5.69 Å². The maximum absolute atomic E-state index is 11.7. The summed E-state index contributed by atoms with van der Waals surface area (Å²) in [7, 11) is 0. The van der Waals surface area contributed by atoms with Crippen molar-refractivity contribution in [1.82, 2.24) is 9.97 Å². The van der Waals surface area contributed by atoms with Crippen molar-refractivity contribution in [3.8, 4) is 0 Å². The van der Waals surface area contributed by atoms with Crippen molar-refractivity contribution >= 4 is 40.5 Å². The average molecular weight is 297 g/mol. The molecule has 0 spiro atoms. The molecule has 0 saturated carbocycles. The minimum atomic E-state index is -0.289. The predicted molar refractivity (Wildman–Crippen MR) is 75.6 cm³/mol. The molecule has 2 N–H and O–H groups in total. The van der Waals surface area contributed by atoms with Gasteiger partial charge in [0.2, 0.25) is 5.91 Å². The first kappa shape index (κ1) is 13.6. The first-order valence-electron chi connectivity index (χ1n) is 5.41. The fourth-order valence-corrected chi connectivity index (χ4v) is 1.78. The van der Waals surface area contributed by atoms with Crippen LogP contribution in [0.3, 0.4) is 0 Å². The minimum Gasteiger partial charge on any atom is -0.376 e. The lowest BCUT2D eigenvalue weighted by Gasteiger charge is -2.09. The lowest BCUT2D eigenvalue weighted by molar-refractivity contribution is -0.114. The largest absolute Gasteiger partial charge is 0.376 e. The maximum Gasteiger partial charge on any atom is 0.243 e. The van der Waals surface area contributed by atoms with E-state index in [2.05, 4.69) is 20.6 Å². The molecule has 0 aliphatic carbocycles. The van der Waals surface area contributed by atoms with Gasteiger partial charge in [-0.05, 0) is 12.1 Å². The summed E-state index contributed by atoms with van der Waals surface area (Å²) in [6.45, 7) is 0.0889. The van der Waals surface area contributed by atoms with Crippen LogP contribution in [0.15, 0.2) is 36.7 Å². The topological polar surface area (TPSA) is 66.9 Å². The van der Waals surface area contributed by atoms with Crippen molar-refractivity contribution in [2.75, 3.05) is 17.2 Å². The highest BCUT2D eigenvalue weighted by Crippen LogP contribution is 2.25. The standard InChI is InChI=1S/C12H10Cl2N4O/c13-11-10(12(14)17-7-16-11)18-9(19)6-15-8-4-2-1-3-5-8/h1-5,7,15H,6H2,(H,18,19). The fraction of sp³-hybridized carbons (Fsp3) is 0.0833. The molecule has 0 aliphatic heterocycles. The zero-order valence-electron chi connectivity index (χ0n) is 9.73. The van der Waals surface area contributed by atoms with Crippen molar-refractivity contribution in [1.29, 1.82) is 0 Å². The van der Waals surface area contributed by atoms with Crippen LogP contribution < -0.4 is 10.6 Å². The molecule has 0 unspecified atom stereocenters. The van der Waals surface area contributed by atoms with Crippen LogP contribution >= 0.6 is 23.2 Å². The normalized spacial score (nSPS) is 10.0. The van der Waals surface area contributed by atoms with E-state index in [4.69, 9.17) is 23.2 Å². The van der Waals surface area contributed by atoms with E-state index >= 15 is 0 Å². The lowest BCUT2D eigenvalue weighted by atomic mass is 10.3. The van der Waals surface area contributed by atoms with E-state index in [1.807, 2.05) is 30.3 Å². The van der Waals surface area contributed by atoms with Gasteiger partial charge >= 0.3 is 0 Å². The van der Waals surface area contributed by atoms with Gasteiger partial charge in [0.25, 0.3) is 0 Å². The Labute approximate surface area is 120 Å². The number of hydrogen-bond acceptors (Lipinski definition) is 4. The Morgan fingerprint density at radius 3 is 2.37 bits per heavy atom. The lowest BCUT2D eigenvalue weighted by Crippen LogP contribution is -2.22. The van der Waals surface area contributed by atoms with Crippen LogP contribution in [0.5, 0.6) is 0 Å². The zero-order chi connectivity index (χ0) is 13.7. The summed E-state index contributed by atoms with van der Waals surface area (Å²) in [5, 5.41) is 5.73. The number of rotatable bonds is 4. The molecule has 0 radical (unpaired) electrons. The summed E-state index contributed by atoms with van der Waals surface area (Å²) in [6, 6.07) is 9.36. The van der Waals surface area contributed by atoms with Crippen LogP contribution in [0.1, 0.15) is 0 Å². The van der Waals surface area contributed by atoms with Crippen molar-refractivity contribution < 1.29 is 4.79 Å². The molecule has 1 aromatic carbocycles. The number of aromatic nitrogens is 2. The van der Waals surface area contributed by atoms with Crippen molar-refractivity contribution in [3.63, 3.8) is 0 Å². The number of anilines is 2. The van der Waals surface area contributed by atoms with Gasteiger partial charge in [-0.15, -0.1) is 0 Å². The molecule has 7 heteroatoms. The molecule has 2 rings (SSSR count). The van der Waals surface area contributed by atoms with Crippen LogP contribution in [0.4, 0.5) is 11.4 Å². The molecule has 19 heavy (non-hydrogen) atoms. The summed E-state index contributed by atoms with van der Waals surface area (Å²) in [5.74, 6) is -0.289. The molecule has 0 aliphatic rings. The van der Waals surface area contributed by atoms with Gasteiger partial charge in [0, 0.05) is 5.69 Å². The Morgan fingerprint density at radius 2 is 1.74 bits per heavy atom. The van der Waals surface area contributed by atoms with Crippen molar-refractivity contribution in [2.45, 2.75) is 0 Å². The van der Waals surface area contributed by atoms with Gasteiger partial charge in [-0.25, -0.2) is 9.97 Å². The number of nitrogens with one attached hydrogen (secondary N) is 2. The smallest absolute Gasteiger partial charge is 0.243 e. The monoisotopic (exact) mass is 296 g/mol. The second-order valence-electron chi connectivity index (χ2n) is 3.60. The molecular formula is C12H10Cl2N4O. The van der Waals surface area contributed by atoms with E-state index in [-0.39, 0.29) is 28.4 Å². The number of halogens is 2. The molecule has 1 aromatic heterocycles. The summed E-state index contributed by atoms with van der Waals surface area (Å²) < 4.78 is 0. The van der Waals surface area contributed by atoms with Crippen molar-refractivity contribution in [3.05, 3.63) is 47.0 Å². The van der Waals surface area contributed by atoms with Gasteiger partial charge in [-0.2, -0.15) is 0 Å². The highest BCUT2D eigenvalue weighted by molar-refractivity contribution is 6.38. The number of hydrogen-bond donors (Lipinski definition) is 2. The number of amides is 1. The van der Waals surface area contributed by atoms with E-state index in [1.165, 1.54) is 6.33 Å². The predicted octanol–water partition coefficient (Wildman–Crippen LogP) is 2.83. The Hall–Kier alpha value is -1.85. The number of benzene rings is 1. The molecule has 5 nitrogen and oxygen atoms in total. The first-order valence-corrected chi connectivity index (χ1v) is 6.17. The Bertz CT molecular complexity index is 557. The molecule has 0 atom stereocenters. The third kappa shape index (κ3) is 3.81. The Kier molecular flexibility index (Phi) is 4.54. The van der Waals surface area contributed by atoms with Gasteiger partial charge < -0.3 is 10.6 Å². The molecule has 98 valence electrons. The number of para-hydroxylation sites is 1. The molecule has 2 aromatic rings. The number of carbonyl (C=O) groups is 1. The summed E-state index contributed by atoms with van der Waals surface area (Å²) >= 11 is 11.6. The Morgan fingerprint density at radius 1 is 1.11 bits per heavy atom. The average Bonchev–Trinajstić information content (AvgIpc) is 2.42. The van der Waals surface area contributed by atoms with E-state index in [1.54, 1.807) is 0 Å². The van der Waals surface area contributed by atoms with Gasteiger partial charge in [0.05, 0.1) is 6.54 Å². The first-order chi connectivity index (χ1) is 9.16. The molecule has 0 fully saturated rings. The molecular weight excluding hydrogens is 287 g/mol. The second kappa shape index (κ2) is 6.36. The third-order valence-corrected chi connectivity index (χ3v) is 2.82. The van der Waals surface area contributed by atoms with E-state index in [0.29, 0.717) is 0 Å². The van der Waals surface area contributed by atoms with Crippen LogP contribution in [0.25, 0.3) is 0 Å². The quantitative estimate of drug-likeness (QED) is 0.852. The highest BCUT2D eigenvalue weighted by atomic mass is 35.5. The SMILES string of the molecule is O=C(CNc1ccccc1)Nc1c(Cl)ncnc1Cl. The number of nitrogens with zero attached hydrogens (tertiary/aromatic N) is 2. The molecule has 1 heterocycles. The maximum atomic E-state index is 11.7. The highest BCUT2D eigenvalue weighted by Gasteiger charge is 2.11. The number of carbonyl (C=O) groups excluding carboxylic acids is 1. The van der Waals surface area contributed by atoms with Gasteiger partial charge in [-0.3, -0.25) is 4.79 Å². The molecule has 0 bridgehead atoms.